The first-order chi connectivity index (χ1) is 12.0. The van der Waals surface area contributed by atoms with Gasteiger partial charge in [-0.15, -0.1) is 0 Å². The van der Waals surface area contributed by atoms with E-state index in [2.05, 4.69) is 4.98 Å². The summed E-state index contributed by atoms with van der Waals surface area (Å²) in [6.07, 6.45) is 5.81. The Labute approximate surface area is 147 Å². The highest BCUT2D eigenvalue weighted by molar-refractivity contribution is 5.81. The summed E-state index contributed by atoms with van der Waals surface area (Å²) in [6, 6.07) is 3.88. The van der Waals surface area contributed by atoms with Gasteiger partial charge in [0.25, 0.3) is 0 Å². The summed E-state index contributed by atoms with van der Waals surface area (Å²) in [5.41, 5.74) is 1.05. The molecule has 1 spiro atoms. The second-order valence-corrected chi connectivity index (χ2v) is 7.88. The Morgan fingerprint density at radius 3 is 2.72 bits per heavy atom. The van der Waals surface area contributed by atoms with E-state index in [1.54, 1.807) is 12.4 Å². The van der Waals surface area contributed by atoms with Gasteiger partial charge in [-0.25, -0.2) is 4.39 Å². The van der Waals surface area contributed by atoms with Gasteiger partial charge in [0.1, 0.15) is 6.17 Å². The molecule has 0 bridgehead atoms. The van der Waals surface area contributed by atoms with Crippen LogP contribution in [0.1, 0.15) is 37.7 Å². The van der Waals surface area contributed by atoms with Crippen LogP contribution in [-0.4, -0.2) is 52.4 Å². The van der Waals surface area contributed by atoms with Crippen LogP contribution in [0.15, 0.2) is 24.5 Å². The van der Waals surface area contributed by atoms with E-state index >= 15 is 0 Å². The lowest BCUT2D eigenvalue weighted by atomic mass is 9.76. The average molecular weight is 345 g/mol. The smallest absolute Gasteiger partial charge is 0.225 e. The van der Waals surface area contributed by atoms with Crippen molar-refractivity contribution in [2.45, 2.75) is 44.8 Å². The molecule has 0 unspecified atom stereocenters. The maximum absolute atomic E-state index is 13.0. The van der Waals surface area contributed by atoms with E-state index in [9.17, 15) is 14.0 Å². The van der Waals surface area contributed by atoms with Crippen molar-refractivity contribution in [3.63, 3.8) is 0 Å². The van der Waals surface area contributed by atoms with Crippen molar-refractivity contribution < 1.29 is 14.0 Å². The monoisotopic (exact) mass is 345 g/mol. The first-order valence-corrected chi connectivity index (χ1v) is 9.14. The highest BCUT2D eigenvalue weighted by atomic mass is 19.1. The zero-order valence-corrected chi connectivity index (χ0v) is 14.4. The van der Waals surface area contributed by atoms with Gasteiger partial charge in [-0.1, -0.05) is 6.07 Å². The molecule has 0 atom stereocenters. The van der Waals surface area contributed by atoms with Gasteiger partial charge in [-0.05, 0) is 37.3 Å². The van der Waals surface area contributed by atoms with Crippen molar-refractivity contribution in [2.24, 2.45) is 11.3 Å². The summed E-state index contributed by atoms with van der Waals surface area (Å²) in [6.45, 7) is 2.76. The number of nitrogens with zero attached hydrogens (tertiary/aromatic N) is 3. The van der Waals surface area contributed by atoms with Crippen LogP contribution in [-0.2, 0) is 16.1 Å². The molecule has 0 N–H and O–H groups in total. The molecule has 5 nitrogen and oxygen atoms in total. The Morgan fingerprint density at radius 1 is 1.32 bits per heavy atom. The summed E-state index contributed by atoms with van der Waals surface area (Å²) < 4.78 is 13.0. The van der Waals surface area contributed by atoms with E-state index in [0.717, 1.165) is 24.9 Å². The van der Waals surface area contributed by atoms with Gasteiger partial charge in [0.15, 0.2) is 0 Å². The van der Waals surface area contributed by atoms with Gasteiger partial charge in [-0.2, -0.15) is 0 Å². The molecule has 25 heavy (non-hydrogen) atoms. The highest BCUT2D eigenvalue weighted by Crippen LogP contribution is 2.42. The Balaban J connectivity index is 1.33. The zero-order valence-electron chi connectivity index (χ0n) is 14.4. The Hall–Kier alpha value is -1.98. The van der Waals surface area contributed by atoms with Gasteiger partial charge in [-0.3, -0.25) is 14.6 Å². The van der Waals surface area contributed by atoms with E-state index in [0.29, 0.717) is 38.9 Å². The number of likely N-dealkylation sites (tertiary alicyclic amines) is 2. The fraction of sp³-hybridized carbons (Fsp3) is 0.632. The number of aromatic nitrogens is 1. The predicted molar refractivity (Wildman–Crippen MR) is 90.1 cm³/mol. The van der Waals surface area contributed by atoms with Crippen LogP contribution in [0.5, 0.6) is 0 Å². The van der Waals surface area contributed by atoms with Gasteiger partial charge < -0.3 is 9.80 Å². The van der Waals surface area contributed by atoms with Gasteiger partial charge >= 0.3 is 0 Å². The summed E-state index contributed by atoms with van der Waals surface area (Å²) in [7, 11) is 0. The number of carbonyl (C=O) groups is 2. The number of pyridine rings is 1. The molecular formula is C19H24FN3O2. The molecule has 2 amide bonds. The summed E-state index contributed by atoms with van der Waals surface area (Å²) in [5.74, 6) is 0.194. The van der Waals surface area contributed by atoms with Crippen LogP contribution in [0, 0.1) is 11.3 Å². The summed E-state index contributed by atoms with van der Waals surface area (Å²) >= 11 is 0. The third kappa shape index (κ3) is 3.26. The minimum Gasteiger partial charge on any atom is -0.342 e. The molecular weight excluding hydrogens is 321 g/mol. The molecule has 6 heteroatoms. The lowest BCUT2D eigenvalue weighted by Crippen LogP contribution is -2.48. The van der Waals surface area contributed by atoms with Crippen molar-refractivity contribution in [1.29, 1.82) is 0 Å². The van der Waals surface area contributed by atoms with Crippen molar-refractivity contribution in [2.75, 3.05) is 19.6 Å². The molecule has 4 rings (SSSR count). The normalized spacial score (nSPS) is 28.3. The van der Waals surface area contributed by atoms with Crippen molar-refractivity contribution in [3.8, 4) is 0 Å². The number of alkyl halides is 1. The molecule has 0 aromatic carbocycles. The van der Waals surface area contributed by atoms with Crippen LogP contribution in [0.2, 0.25) is 0 Å². The first kappa shape index (κ1) is 16.5. The predicted octanol–water partition coefficient (Wildman–Crippen LogP) is 2.17. The molecule has 1 aromatic rings. The first-order valence-electron chi connectivity index (χ1n) is 9.14. The lowest BCUT2D eigenvalue weighted by Gasteiger charge is -2.41. The topological polar surface area (TPSA) is 53.5 Å². The molecule has 2 saturated heterocycles. The standard InChI is InChI=1S/C19H24FN3O2/c20-16-8-15(9-16)18(25)22-6-3-19(4-7-22)10-17(24)23(13-19)12-14-2-1-5-21-11-14/h1-2,5,11,15-16H,3-4,6-10,12-13H2. The van der Waals surface area contributed by atoms with Crippen LogP contribution in [0.4, 0.5) is 4.39 Å². The maximum atomic E-state index is 13.0. The molecule has 0 radical (unpaired) electrons. The van der Waals surface area contributed by atoms with Crippen LogP contribution in [0.3, 0.4) is 0 Å². The van der Waals surface area contributed by atoms with Gasteiger partial charge in [0.2, 0.25) is 11.8 Å². The Bertz CT molecular complexity index is 652. The third-order valence-electron chi connectivity index (χ3n) is 6.07. The van der Waals surface area contributed by atoms with Crippen molar-refractivity contribution >= 4 is 11.8 Å². The minimum absolute atomic E-state index is 0.00168. The number of amides is 2. The van der Waals surface area contributed by atoms with E-state index in [1.165, 1.54) is 0 Å². The van der Waals surface area contributed by atoms with E-state index in [4.69, 9.17) is 0 Å². The van der Waals surface area contributed by atoms with Gasteiger partial charge in [0.05, 0.1) is 0 Å². The number of hydrogen-bond acceptors (Lipinski definition) is 3. The fourth-order valence-corrected chi connectivity index (χ4v) is 4.38. The Kier molecular flexibility index (Phi) is 4.21. The Morgan fingerprint density at radius 2 is 2.08 bits per heavy atom. The zero-order chi connectivity index (χ0) is 17.4. The number of carbonyl (C=O) groups excluding carboxylic acids is 2. The lowest BCUT2D eigenvalue weighted by molar-refractivity contribution is -0.142. The van der Waals surface area contributed by atoms with E-state index < -0.39 is 6.17 Å². The number of hydrogen-bond donors (Lipinski definition) is 0. The molecule has 3 heterocycles. The quantitative estimate of drug-likeness (QED) is 0.844. The average Bonchev–Trinajstić information content (AvgIpc) is 2.88. The fourth-order valence-electron chi connectivity index (χ4n) is 4.38. The molecule has 1 aliphatic carbocycles. The number of piperidine rings is 1. The van der Waals surface area contributed by atoms with Crippen LogP contribution >= 0.6 is 0 Å². The van der Waals surface area contributed by atoms with Crippen molar-refractivity contribution in [3.05, 3.63) is 30.1 Å². The molecule has 2 aliphatic heterocycles. The molecule has 3 aliphatic rings. The minimum atomic E-state index is -0.793. The van der Waals surface area contributed by atoms with E-state index in [1.807, 2.05) is 21.9 Å². The highest BCUT2D eigenvalue weighted by Gasteiger charge is 2.46. The molecule has 1 saturated carbocycles. The van der Waals surface area contributed by atoms with E-state index in [-0.39, 0.29) is 23.1 Å². The third-order valence-corrected chi connectivity index (χ3v) is 6.07. The summed E-state index contributed by atoms with van der Waals surface area (Å²) in [4.78, 5) is 32.7. The summed E-state index contributed by atoms with van der Waals surface area (Å²) in [5, 5.41) is 0. The number of halogens is 1. The largest absolute Gasteiger partial charge is 0.342 e. The van der Waals surface area contributed by atoms with Crippen molar-refractivity contribution in [1.82, 2.24) is 14.8 Å². The SMILES string of the molecule is O=C1CC2(CCN(C(=O)C3CC(F)C3)CC2)CN1Cc1cccnc1. The second kappa shape index (κ2) is 6.39. The molecule has 134 valence electrons. The maximum Gasteiger partial charge on any atom is 0.225 e. The molecule has 3 fully saturated rings. The number of rotatable bonds is 3. The van der Waals surface area contributed by atoms with Crippen LogP contribution < -0.4 is 0 Å². The molecule has 1 aromatic heterocycles. The second-order valence-electron chi connectivity index (χ2n) is 7.88. The van der Waals surface area contributed by atoms with Gasteiger partial charge in [0, 0.05) is 56.3 Å². The van der Waals surface area contributed by atoms with Crippen LogP contribution in [0.25, 0.3) is 0 Å².